The molecule has 0 saturated heterocycles. The van der Waals surface area contributed by atoms with Crippen molar-refractivity contribution in [1.29, 1.82) is 0 Å². The van der Waals surface area contributed by atoms with Gasteiger partial charge in [0.05, 0.1) is 0 Å². The van der Waals surface area contributed by atoms with Crippen LogP contribution in [0.1, 0.15) is 36.3 Å². The Morgan fingerprint density at radius 3 is 2.71 bits per heavy atom. The molecule has 1 fully saturated rings. The maximum absolute atomic E-state index is 4.41. The molecule has 0 amide bonds. The number of hydrogen-bond acceptors (Lipinski definition) is 0. The maximum Gasteiger partial charge on any atom is 0 e. The summed E-state index contributed by atoms with van der Waals surface area (Å²) in [4.78, 5) is 0. The summed E-state index contributed by atoms with van der Waals surface area (Å²) in [5.41, 5.74) is 3.97. The summed E-state index contributed by atoms with van der Waals surface area (Å²) in [5.74, 6) is 2.26. The zero-order chi connectivity index (χ0) is 11.1. The Morgan fingerprint density at radius 1 is 1.12 bits per heavy atom. The molecule has 0 aromatic heterocycles. The molecular weight excluding hydrogens is 300 g/mol. The van der Waals surface area contributed by atoms with Crippen LogP contribution in [0.15, 0.2) is 24.3 Å². The molecule has 89 valence electrons. The van der Waals surface area contributed by atoms with Crippen LogP contribution in [0.5, 0.6) is 0 Å². The minimum atomic E-state index is 0. The summed E-state index contributed by atoms with van der Waals surface area (Å²) in [5, 5.41) is 0. The van der Waals surface area contributed by atoms with E-state index in [0.717, 1.165) is 17.5 Å². The first-order chi connectivity index (χ1) is 7.77. The van der Waals surface area contributed by atoms with Crippen LogP contribution >= 0.6 is 9.24 Å². The molecule has 3 rings (SSSR count). The van der Waals surface area contributed by atoms with Gasteiger partial charge in [-0.1, -0.05) is 35.8 Å². The van der Waals surface area contributed by atoms with Gasteiger partial charge in [0.2, 0.25) is 0 Å². The third kappa shape index (κ3) is 2.56. The Labute approximate surface area is 132 Å². The van der Waals surface area contributed by atoms with E-state index < -0.39 is 0 Å². The normalized spacial score (nSPS) is 35.4. The molecule has 17 heavy (non-hydrogen) atoms. The number of aryl methyl sites for hydroxylation is 1. The first-order valence-electron chi connectivity index (χ1n) is 6.44. The number of fused-ring (bicyclic) bond motifs is 3. The SMILES string of the molecule is [CH2-]C1C(P)CCC2c3ccccc3CCC21.[Y]. The van der Waals surface area contributed by atoms with E-state index in [1.807, 2.05) is 0 Å². The minimum Gasteiger partial charge on any atom is -0.339 e. The summed E-state index contributed by atoms with van der Waals surface area (Å²) in [6, 6.07) is 9.05. The second-order valence-corrected chi connectivity index (χ2v) is 6.27. The van der Waals surface area contributed by atoms with Gasteiger partial charge in [-0.3, -0.25) is 0 Å². The van der Waals surface area contributed by atoms with Crippen LogP contribution < -0.4 is 0 Å². The predicted molar refractivity (Wildman–Crippen MR) is 72.6 cm³/mol. The molecule has 0 aliphatic heterocycles. The molecule has 1 saturated carbocycles. The summed E-state index contributed by atoms with van der Waals surface area (Å²) >= 11 is 0. The molecule has 0 bridgehead atoms. The van der Waals surface area contributed by atoms with Crippen LogP contribution in [0.25, 0.3) is 0 Å². The summed E-state index contributed by atoms with van der Waals surface area (Å²) < 4.78 is 0. The van der Waals surface area contributed by atoms with Crippen molar-refractivity contribution in [2.45, 2.75) is 37.3 Å². The third-order valence-corrected chi connectivity index (χ3v) is 5.46. The Kier molecular flexibility index (Phi) is 4.84. The van der Waals surface area contributed by atoms with Gasteiger partial charge in [-0.2, -0.15) is 5.92 Å². The Morgan fingerprint density at radius 2 is 1.88 bits per heavy atom. The monoisotopic (exact) mass is 320 g/mol. The summed E-state index contributed by atoms with van der Waals surface area (Å²) in [7, 11) is 3.01. The molecule has 1 aromatic rings. The zero-order valence-corrected chi connectivity index (χ0v) is 14.3. The van der Waals surface area contributed by atoms with Crippen molar-refractivity contribution in [2.75, 3.05) is 0 Å². The summed E-state index contributed by atoms with van der Waals surface area (Å²) in [6.45, 7) is 4.41. The second kappa shape index (κ2) is 5.81. The van der Waals surface area contributed by atoms with Crippen molar-refractivity contribution in [1.82, 2.24) is 0 Å². The Balaban J connectivity index is 0.00000108. The molecule has 2 aliphatic rings. The van der Waals surface area contributed by atoms with Gasteiger partial charge in [-0.05, 0) is 42.7 Å². The van der Waals surface area contributed by atoms with E-state index in [2.05, 4.69) is 40.4 Å². The fourth-order valence-electron chi connectivity index (χ4n) is 3.66. The van der Waals surface area contributed by atoms with Gasteiger partial charge in [0, 0.05) is 32.7 Å². The standard InChI is InChI=1S/C15H20P.Y/c1-10-12-7-6-11-4-2-3-5-13(11)14(12)8-9-15(10)16;/h2-5,10,12,14-15H,1,6-9,16H2;/q-1;. The molecule has 0 nitrogen and oxygen atoms in total. The van der Waals surface area contributed by atoms with Crippen molar-refractivity contribution in [3.05, 3.63) is 42.3 Å². The molecular formula is C15H20PY-. The minimum absolute atomic E-state index is 0. The predicted octanol–water partition coefficient (Wildman–Crippen LogP) is 3.82. The average Bonchev–Trinajstić information content (AvgIpc) is 2.33. The number of rotatable bonds is 0. The van der Waals surface area contributed by atoms with Crippen molar-refractivity contribution in [3.8, 4) is 0 Å². The summed E-state index contributed by atoms with van der Waals surface area (Å²) in [6.07, 6.45) is 5.30. The van der Waals surface area contributed by atoms with Gasteiger partial charge in [-0.15, -0.1) is 9.24 Å². The van der Waals surface area contributed by atoms with E-state index in [1.54, 1.807) is 11.1 Å². The van der Waals surface area contributed by atoms with Crippen LogP contribution in [-0.2, 0) is 39.1 Å². The van der Waals surface area contributed by atoms with E-state index >= 15 is 0 Å². The molecule has 2 heteroatoms. The number of benzene rings is 1. The average molecular weight is 320 g/mol. The molecule has 5 atom stereocenters. The molecule has 0 N–H and O–H groups in total. The third-order valence-electron chi connectivity index (χ3n) is 4.63. The smallest absolute Gasteiger partial charge is 0 e. The van der Waals surface area contributed by atoms with E-state index in [-0.39, 0.29) is 32.7 Å². The van der Waals surface area contributed by atoms with Gasteiger partial charge in [-0.25, -0.2) is 0 Å². The second-order valence-electron chi connectivity index (χ2n) is 5.41. The van der Waals surface area contributed by atoms with Gasteiger partial charge in [0.25, 0.3) is 0 Å². The Hall–Kier alpha value is 0.754. The van der Waals surface area contributed by atoms with Crippen LogP contribution in [0.4, 0.5) is 0 Å². The van der Waals surface area contributed by atoms with E-state index in [1.165, 1.54) is 25.7 Å². The molecule has 2 aliphatic carbocycles. The van der Waals surface area contributed by atoms with E-state index in [0.29, 0.717) is 5.92 Å². The van der Waals surface area contributed by atoms with Crippen molar-refractivity contribution >= 4 is 9.24 Å². The Bertz CT molecular complexity index is 390. The largest absolute Gasteiger partial charge is 0.339 e. The van der Waals surface area contributed by atoms with Gasteiger partial charge >= 0.3 is 0 Å². The van der Waals surface area contributed by atoms with Crippen LogP contribution in [0.2, 0.25) is 0 Å². The number of hydrogen-bond donors (Lipinski definition) is 0. The molecule has 0 spiro atoms. The van der Waals surface area contributed by atoms with E-state index in [9.17, 15) is 0 Å². The van der Waals surface area contributed by atoms with Gasteiger partial charge < -0.3 is 6.92 Å². The first-order valence-corrected chi connectivity index (χ1v) is 7.10. The van der Waals surface area contributed by atoms with Crippen molar-refractivity contribution in [3.63, 3.8) is 0 Å². The van der Waals surface area contributed by atoms with Crippen LogP contribution in [0, 0.1) is 18.8 Å². The topological polar surface area (TPSA) is 0 Å². The molecule has 5 unspecified atom stereocenters. The van der Waals surface area contributed by atoms with Crippen molar-refractivity contribution < 1.29 is 32.7 Å². The fraction of sp³-hybridized carbons (Fsp3) is 0.533. The van der Waals surface area contributed by atoms with Crippen LogP contribution in [-0.4, -0.2) is 5.66 Å². The van der Waals surface area contributed by atoms with Crippen molar-refractivity contribution in [2.24, 2.45) is 11.8 Å². The van der Waals surface area contributed by atoms with E-state index in [4.69, 9.17) is 0 Å². The quantitative estimate of drug-likeness (QED) is 0.504. The maximum atomic E-state index is 4.41. The molecule has 1 aromatic carbocycles. The zero-order valence-electron chi connectivity index (χ0n) is 10.3. The first kappa shape index (κ1) is 14.2. The fourth-order valence-corrected chi connectivity index (χ4v) is 4.14. The van der Waals surface area contributed by atoms with Gasteiger partial charge in [0.15, 0.2) is 0 Å². The van der Waals surface area contributed by atoms with Crippen LogP contribution in [0.3, 0.4) is 0 Å². The van der Waals surface area contributed by atoms with Gasteiger partial charge in [0.1, 0.15) is 0 Å². The molecule has 1 radical (unpaired) electrons. The molecule has 0 heterocycles.